The molecular weight excluding hydrogens is 374 g/mol. The van der Waals surface area contributed by atoms with Crippen LogP contribution in [-0.4, -0.2) is 78.3 Å². The van der Waals surface area contributed by atoms with Gasteiger partial charge in [0.15, 0.2) is 0 Å². The van der Waals surface area contributed by atoms with Gasteiger partial charge in [0.05, 0.1) is 32.3 Å². The van der Waals surface area contributed by atoms with Crippen LogP contribution < -0.4 is 10.6 Å². The number of aromatic nitrogens is 2. The standard InChI is InChI=1S/C20H31N5O4/c1-28-7-6-23-18(26)9-16-20-13(8-19(27)24-14-2-3-14)10-25(15(20)12-29-16)11-17-21-4-5-22-17/h4-5,13-16,20H,2-3,6-12H2,1H3,(H,21,22)(H,23,26)(H,24,27)/t13-,15-,16+,20-/m1/s1. The first-order chi connectivity index (χ1) is 14.1. The minimum Gasteiger partial charge on any atom is -0.383 e. The summed E-state index contributed by atoms with van der Waals surface area (Å²) in [4.78, 5) is 34.7. The Kier molecular flexibility index (Phi) is 6.46. The summed E-state index contributed by atoms with van der Waals surface area (Å²) in [5.74, 6) is 1.34. The Morgan fingerprint density at radius 2 is 2.21 bits per heavy atom. The van der Waals surface area contributed by atoms with Crippen LogP contribution in [0, 0.1) is 11.8 Å². The number of likely N-dealkylation sites (tertiary alicyclic amines) is 1. The highest BCUT2D eigenvalue weighted by Gasteiger charge is 2.51. The van der Waals surface area contributed by atoms with E-state index in [1.165, 1.54) is 0 Å². The second kappa shape index (κ2) is 9.23. The maximum Gasteiger partial charge on any atom is 0.222 e. The minimum absolute atomic E-state index is 0.0293. The van der Waals surface area contributed by atoms with E-state index in [1.807, 2.05) is 6.20 Å². The largest absolute Gasteiger partial charge is 0.383 e. The molecule has 3 aliphatic rings. The van der Waals surface area contributed by atoms with Crippen LogP contribution in [0.5, 0.6) is 0 Å². The number of imidazole rings is 1. The van der Waals surface area contributed by atoms with E-state index in [9.17, 15) is 9.59 Å². The zero-order valence-corrected chi connectivity index (χ0v) is 16.9. The average molecular weight is 405 g/mol. The van der Waals surface area contributed by atoms with Crippen molar-refractivity contribution in [1.29, 1.82) is 0 Å². The molecule has 3 fully saturated rings. The van der Waals surface area contributed by atoms with Crippen molar-refractivity contribution in [3.63, 3.8) is 0 Å². The number of nitrogens with zero attached hydrogens (tertiary/aromatic N) is 2. The smallest absolute Gasteiger partial charge is 0.222 e. The summed E-state index contributed by atoms with van der Waals surface area (Å²) in [5, 5.41) is 5.98. The number of carbonyl (C=O) groups excluding carboxylic acids is 2. The molecule has 2 saturated heterocycles. The first kappa shape index (κ1) is 20.3. The molecule has 2 aliphatic heterocycles. The van der Waals surface area contributed by atoms with E-state index in [4.69, 9.17) is 9.47 Å². The Morgan fingerprint density at radius 1 is 1.34 bits per heavy atom. The Morgan fingerprint density at radius 3 is 2.93 bits per heavy atom. The van der Waals surface area contributed by atoms with Gasteiger partial charge in [-0.3, -0.25) is 14.5 Å². The zero-order chi connectivity index (χ0) is 20.2. The third kappa shape index (κ3) is 5.15. The van der Waals surface area contributed by atoms with Gasteiger partial charge in [-0.1, -0.05) is 0 Å². The van der Waals surface area contributed by atoms with Crippen molar-refractivity contribution in [3.8, 4) is 0 Å². The molecule has 29 heavy (non-hydrogen) atoms. The molecule has 1 aromatic heterocycles. The number of nitrogens with one attached hydrogen (secondary N) is 3. The fourth-order valence-electron chi connectivity index (χ4n) is 4.67. The van der Waals surface area contributed by atoms with Crippen LogP contribution in [0.3, 0.4) is 0 Å². The number of amides is 2. The summed E-state index contributed by atoms with van der Waals surface area (Å²) in [5.41, 5.74) is 0. The molecule has 0 spiro atoms. The number of ether oxygens (including phenoxy) is 2. The van der Waals surface area contributed by atoms with E-state index in [1.54, 1.807) is 13.3 Å². The number of hydrogen-bond acceptors (Lipinski definition) is 6. The zero-order valence-electron chi connectivity index (χ0n) is 16.9. The predicted molar refractivity (Wildman–Crippen MR) is 105 cm³/mol. The van der Waals surface area contributed by atoms with Gasteiger partial charge in [0.25, 0.3) is 0 Å². The summed E-state index contributed by atoms with van der Waals surface area (Å²) in [6, 6.07) is 0.566. The van der Waals surface area contributed by atoms with Gasteiger partial charge in [0, 0.05) is 57.0 Å². The van der Waals surface area contributed by atoms with Crippen molar-refractivity contribution in [2.45, 2.75) is 50.4 Å². The molecule has 1 saturated carbocycles. The summed E-state index contributed by atoms with van der Waals surface area (Å²) in [6.45, 7) is 3.09. The Labute approximate surface area is 170 Å². The monoisotopic (exact) mass is 405 g/mol. The highest BCUT2D eigenvalue weighted by molar-refractivity contribution is 5.77. The number of carbonyl (C=O) groups is 2. The second-order valence-electron chi connectivity index (χ2n) is 8.33. The molecule has 160 valence electrons. The van der Waals surface area contributed by atoms with Gasteiger partial charge < -0.3 is 25.1 Å². The maximum absolute atomic E-state index is 12.5. The molecule has 9 nitrogen and oxygen atoms in total. The van der Waals surface area contributed by atoms with Crippen molar-refractivity contribution in [2.75, 3.05) is 33.4 Å². The van der Waals surface area contributed by atoms with Gasteiger partial charge in [-0.25, -0.2) is 4.98 Å². The lowest BCUT2D eigenvalue weighted by Gasteiger charge is -2.23. The van der Waals surface area contributed by atoms with Crippen LogP contribution in [0.4, 0.5) is 0 Å². The first-order valence-corrected chi connectivity index (χ1v) is 10.5. The van der Waals surface area contributed by atoms with Gasteiger partial charge >= 0.3 is 0 Å². The molecule has 1 aromatic rings. The molecule has 0 radical (unpaired) electrons. The van der Waals surface area contributed by atoms with Crippen molar-refractivity contribution < 1.29 is 19.1 Å². The Hall–Kier alpha value is -1.97. The number of hydrogen-bond donors (Lipinski definition) is 3. The Bertz CT molecular complexity index is 693. The van der Waals surface area contributed by atoms with E-state index in [2.05, 4.69) is 25.5 Å². The summed E-state index contributed by atoms with van der Waals surface area (Å²) in [6.07, 6.45) is 6.38. The van der Waals surface area contributed by atoms with Crippen molar-refractivity contribution in [1.82, 2.24) is 25.5 Å². The van der Waals surface area contributed by atoms with Crippen LogP contribution >= 0.6 is 0 Å². The van der Waals surface area contributed by atoms with Crippen LogP contribution in [0.15, 0.2) is 12.4 Å². The Balaban J connectivity index is 1.40. The van der Waals surface area contributed by atoms with Gasteiger partial charge in [-0.15, -0.1) is 0 Å². The van der Waals surface area contributed by atoms with E-state index in [-0.39, 0.29) is 35.8 Å². The quantitative estimate of drug-likeness (QED) is 0.475. The minimum atomic E-state index is -0.164. The molecule has 3 heterocycles. The molecule has 1 aliphatic carbocycles. The average Bonchev–Trinajstić information content (AvgIpc) is 3.07. The third-order valence-corrected chi connectivity index (χ3v) is 6.15. The van der Waals surface area contributed by atoms with Crippen molar-refractivity contribution in [3.05, 3.63) is 18.2 Å². The molecule has 0 bridgehead atoms. The molecule has 4 atom stereocenters. The van der Waals surface area contributed by atoms with Gasteiger partial charge in [0.1, 0.15) is 5.82 Å². The maximum atomic E-state index is 12.5. The SMILES string of the molecule is COCCNC(=O)C[C@@H]1OC[C@@H]2[C@H]1[C@H](CC(=O)NC1CC1)CN2Cc1ncc[nH]1. The lowest BCUT2D eigenvalue weighted by Crippen LogP contribution is -2.36. The topological polar surface area (TPSA) is 109 Å². The molecule has 0 aromatic carbocycles. The summed E-state index contributed by atoms with van der Waals surface area (Å²) in [7, 11) is 1.61. The van der Waals surface area contributed by atoms with Crippen molar-refractivity contribution in [2.24, 2.45) is 11.8 Å². The summed E-state index contributed by atoms with van der Waals surface area (Å²) < 4.78 is 11.0. The number of rotatable bonds is 10. The van der Waals surface area contributed by atoms with E-state index in [0.717, 1.165) is 25.2 Å². The predicted octanol–water partition coefficient (Wildman–Crippen LogP) is 0.0465. The van der Waals surface area contributed by atoms with Gasteiger partial charge in [-0.05, 0) is 18.8 Å². The lowest BCUT2D eigenvalue weighted by atomic mass is 9.84. The second-order valence-corrected chi connectivity index (χ2v) is 8.33. The van der Waals surface area contributed by atoms with Gasteiger partial charge in [0.2, 0.25) is 11.8 Å². The third-order valence-electron chi connectivity index (χ3n) is 6.15. The summed E-state index contributed by atoms with van der Waals surface area (Å²) >= 11 is 0. The lowest BCUT2D eigenvalue weighted by molar-refractivity contribution is -0.124. The van der Waals surface area contributed by atoms with Gasteiger partial charge in [-0.2, -0.15) is 0 Å². The molecule has 4 rings (SSSR count). The molecule has 9 heteroatoms. The van der Waals surface area contributed by atoms with Crippen LogP contribution in [0.2, 0.25) is 0 Å². The molecular formula is C20H31N5O4. The van der Waals surface area contributed by atoms with E-state index >= 15 is 0 Å². The van der Waals surface area contributed by atoms with Crippen molar-refractivity contribution >= 4 is 11.8 Å². The first-order valence-electron chi connectivity index (χ1n) is 10.5. The molecule has 0 unspecified atom stereocenters. The fourth-order valence-corrected chi connectivity index (χ4v) is 4.67. The highest BCUT2D eigenvalue weighted by atomic mass is 16.5. The van der Waals surface area contributed by atoms with Crippen LogP contribution in [0.25, 0.3) is 0 Å². The normalized spacial score (nSPS) is 29.0. The molecule has 3 N–H and O–H groups in total. The number of methoxy groups -OCH3 is 1. The van der Waals surface area contributed by atoms with E-state index < -0.39 is 0 Å². The highest BCUT2D eigenvalue weighted by Crippen LogP contribution is 2.42. The number of H-pyrrole nitrogens is 1. The van der Waals surface area contributed by atoms with Crippen LogP contribution in [-0.2, 0) is 25.6 Å². The number of fused-ring (bicyclic) bond motifs is 1. The van der Waals surface area contributed by atoms with E-state index in [0.29, 0.717) is 45.2 Å². The van der Waals surface area contributed by atoms with Crippen LogP contribution in [0.1, 0.15) is 31.5 Å². The molecule has 2 amide bonds. The fraction of sp³-hybridized carbons (Fsp3) is 0.750. The number of aromatic amines is 1.